The number of nitrogens with one attached hydrogen (secondary N) is 3. The number of anilines is 1. The summed E-state index contributed by atoms with van der Waals surface area (Å²) in [7, 11) is 0. The van der Waals surface area contributed by atoms with E-state index in [1.807, 2.05) is 45.0 Å². The van der Waals surface area contributed by atoms with Gasteiger partial charge in [-0.05, 0) is 56.9 Å². The maximum atomic E-state index is 11.9. The lowest BCUT2D eigenvalue weighted by Gasteiger charge is -2.19. The van der Waals surface area contributed by atoms with E-state index in [4.69, 9.17) is 33.1 Å². The number of hydrazine groups is 1. The van der Waals surface area contributed by atoms with Crippen LogP contribution in [0.25, 0.3) is 0 Å². The van der Waals surface area contributed by atoms with Crippen molar-refractivity contribution in [3.63, 3.8) is 0 Å². The molecule has 0 aliphatic rings. The highest BCUT2D eigenvalue weighted by atomic mass is 32.9. The normalized spacial score (nSPS) is 11.0. The van der Waals surface area contributed by atoms with Crippen LogP contribution in [0.5, 0.6) is 0 Å². The van der Waals surface area contributed by atoms with E-state index in [0.717, 1.165) is 11.3 Å². The molecule has 0 atom stereocenters. The van der Waals surface area contributed by atoms with Crippen LogP contribution in [0.1, 0.15) is 19.4 Å². The van der Waals surface area contributed by atoms with Crippen LogP contribution in [0.3, 0.4) is 0 Å². The topological polar surface area (TPSA) is 71.6 Å². The second-order valence-corrected chi connectivity index (χ2v) is 11.3. The van der Waals surface area contributed by atoms with Gasteiger partial charge in [-0.1, -0.05) is 29.1 Å². The van der Waals surface area contributed by atoms with Gasteiger partial charge in [0.05, 0.1) is 19.0 Å². The van der Waals surface area contributed by atoms with Crippen LogP contribution in [0.2, 0.25) is 0 Å². The van der Waals surface area contributed by atoms with E-state index in [1.165, 1.54) is 11.4 Å². The third-order valence-electron chi connectivity index (χ3n) is 2.55. The minimum absolute atomic E-state index is 0.122. The molecule has 10 heteroatoms. The molecule has 0 fully saturated rings. The van der Waals surface area contributed by atoms with Gasteiger partial charge < -0.3 is 14.4 Å². The summed E-state index contributed by atoms with van der Waals surface area (Å²) in [5.74, 6) is -0.140. The third kappa shape index (κ3) is 8.41. The smallest absolute Gasteiger partial charge is 0.248 e. The fourth-order valence-electron chi connectivity index (χ4n) is 1.53. The first-order valence-electron chi connectivity index (χ1n) is 7.34. The molecule has 0 aliphatic carbocycles. The van der Waals surface area contributed by atoms with Crippen molar-refractivity contribution in [1.82, 2.24) is 10.9 Å². The molecule has 3 N–H and O–H groups in total. The molecule has 0 spiro atoms. The molecule has 24 heavy (non-hydrogen) atoms. The van der Waals surface area contributed by atoms with Gasteiger partial charge in [0.1, 0.15) is 0 Å². The monoisotopic (exact) mass is 407 g/mol. The largest absolute Gasteiger partial charge is 0.331 e. The number of thiocarbonyl (C=S) groups is 1. The lowest BCUT2D eigenvalue weighted by Crippen LogP contribution is -2.44. The summed E-state index contributed by atoms with van der Waals surface area (Å²) in [5, 5.41) is 3.27. The van der Waals surface area contributed by atoms with Crippen LogP contribution < -0.4 is 16.2 Å². The lowest BCUT2D eigenvalue weighted by molar-refractivity contribution is -0.119. The minimum Gasteiger partial charge on any atom is -0.331 e. The maximum Gasteiger partial charge on any atom is 0.248 e. The summed E-state index contributed by atoms with van der Waals surface area (Å²) >= 11 is 11.7. The quantitative estimate of drug-likeness (QED) is 0.344. The van der Waals surface area contributed by atoms with E-state index in [9.17, 15) is 4.79 Å². The highest BCUT2D eigenvalue weighted by Crippen LogP contribution is 2.60. The molecule has 1 amide bonds. The number of hydrogen-bond acceptors (Lipinski definition) is 6. The van der Waals surface area contributed by atoms with Crippen LogP contribution >= 0.6 is 29.3 Å². The average Bonchev–Trinajstić information content (AvgIpc) is 2.54. The molecule has 0 saturated heterocycles. The highest BCUT2D eigenvalue weighted by Gasteiger charge is 2.20. The van der Waals surface area contributed by atoms with E-state index >= 15 is 0 Å². The Bertz CT molecular complexity index is 589. The van der Waals surface area contributed by atoms with Gasteiger partial charge in [0.2, 0.25) is 11.6 Å². The summed E-state index contributed by atoms with van der Waals surface area (Å²) in [6.45, 7) is 6.60. The second-order valence-electron chi connectivity index (χ2n) is 4.55. The van der Waals surface area contributed by atoms with Crippen molar-refractivity contribution in [2.75, 3.05) is 24.3 Å². The summed E-state index contributed by atoms with van der Waals surface area (Å²) in [6, 6.07) is 7.74. The molecule has 6 nitrogen and oxygen atoms in total. The molecule has 0 radical (unpaired) electrons. The number of amides is 1. The van der Waals surface area contributed by atoms with Crippen molar-refractivity contribution >= 4 is 57.8 Å². The fraction of sp³-hybridized carbons (Fsp3) is 0.429. The van der Waals surface area contributed by atoms with Crippen molar-refractivity contribution in [3.8, 4) is 0 Å². The number of benzene rings is 1. The Hall–Kier alpha value is -0.700. The van der Waals surface area contributed by atoms with E-state index < -0.39 is 5.69 Å². The number of carbonyl (C=O) groups excluding carboxylic acids is 1. The predicted molar refractivity (Wildman–Crippen MR) is 109 cm³/mol. The van der Waals surface area contributed by atoms with Gasteiger partial charge in [0.25, 0.3) is 0 Å². The van der Waals surface area contributed by atoms with Crippen LogP contribution in [-0.4, -0.2) is 30.0 Å². The Kier molecular flexibility index (Phi) is 9.80. The SMILES string of the molecule is CCOP(=S)(OCC)SCC(=O)NNC(=S)Nc1ccc(C)cc1. The van der Waals surface area contributed by atoms with Gasteiger partial charge in [0.15, 0.2) is 5.11 Å². The molecule has 0 aliphatic heterocycles. The Balaban J connectivity index is 2.35. The maximum absolute atomic E-state index is 11.9. The van der Waals surface area contributed by atoms with E-state index in [1.54, 1.807) is 0 Å². The first-order chi connectivity index (χ1) is 11.4. The third-order valence-corrected chi connectivity index (χ3v) is 8.16. The predicted octanol–water partition coefficient (Wildman–Crippen LogP) is 3.34. The van der Waals surface area contributed by atoms with E-state index in [-0.39, 0.29) is 11.7 Å². The zero-order valence-corrected chi connectivity index (χ0v) is 17.2. The molecule has 0 bridgehead atoms. The fourth-order valence-corrected chi connectivity index (χ4v) is 5.91. The molecule has 1 rings (SSSR count). The highest BCUT2D eigenvalue weighted by molar-refractivity contribution is 8.68. The molecular formula is C14H22N3O3PS3. The molecule has 0 saturated carbocycles. The molecule has 0 aromatic heterocycles. The van der Waals surface area contributed by atoms with Crippen molar-refractivity contribution in [2.45, 2.75) is 20.8 Å². The molecule has 1 aromatic carbocycles. The molecule has 1 aromatic rings. The van der Waals surface area contributed by atoms with Crippen LogP contribution in [-0.2, 0) is 25.6 Å². The van der Waals surface area contributed by atoms with Crippen molar-refractivity contribution in [1.29, 1.82) is 0 Å². The first-order valence-corrected chi connectivity index (χ1v) is 12.0. The first kappa shape index (κ1) is 21.3. The van der Waals surface area contributed by atoms with Gasteiger partial charge >= 0.3 is 0 Å². The molecular weight excluding hydrogens is 385 g/mol. The zero-order valence-electron chi connectivity index (χ0n) is 13.8. The van der Waals surface area contributed by atoms with E-state index in [2.05, 4.69) is 16.2 Å². The minimum atomic E-state index is -2.47. The molecule has 0 heterocycles. The van der Waals surface area contributed by atoms with Crippen LogP contribution in [0, 0.1) is 6.92 Å². The van der Waals surface area contributed by atoms with Crippen molar-refractivity contribution < 1.29 is 13.8 Å². The van der Waals surface area contributed by atoms with Crippen molar-refractivity contribution in [3.05, 3.63) is 29.8 Å². The number of rotatable bonds is 8. The summed E-state index contributed by atoms with van der Waals surface area (Å²) in [5.41, 5.74) is 4.69. The van der Waals surface area contributed by atoms with Gasteiger partial charge in [-0.2, -0.15) is 0 Å². The van der Waals surface area contributed by atoms with E-state index in [0.29, 0.717) is 18.3 Å². The van der Waals surface area contributed by atoms with Crippen LogP contribution in [0.15, 0.2) is 24.3 Å². The Morgan fingerprint density at radius 3 is 2.29 bits per heavy atom. The lowest BCUT2D eigenvalue weighted by atomic mass is 10.2. The average molecular weight is 408 g/mol. The second kappa shape index (κ2) is 11.0. The van der Waals surface area contributed by atoms with Gasteiger partial charge in [-0.15, -0.1) is 0 Å². The Morgan fingerprint density at radius 1 is 1.17 bits per heavy atom. The summed E-state index contributed by atoms with van der Waals surface area (Å²) in [4.78, 5) is 11.9. The number of aryl methyl sites for hydroxylation is 1. The number of carbonyl (C=O) groups is 1. The number of hydrogen-bond donors (Lipinski definition) is 3. The van der Waals surface area contributed by atoms with Crippen molar-refractivity contribution in [2.24, 2.45) is 0 Å². The Morgan fingerprint density at radius 2 is 1.75 bits per heavy atom. The molecule has 0 unspecified atom stereocenters. The van der Waals surface area contributed by atoms with Gasteiger partial charge in [0, 0.05) is 5.69 Å². The summed E-state index contributed by atoms with van der Waals surface area (Å²) in [6.07, 6.45) is 0. The Labute approximate surface area is 157 Å². The standard InChI is InChI=1S/C14H22N3O3PS3/c1-4-19-21(23,20-5-2)24-10-13(18)16-17-14(22)15-12-8-6-11(3)7-9-12/h6-9H,4-5,10H2,1-3H3,(H,16,18)(H2,15,17,22). The zero-order chi connectivity index (χ0) is 18.0. The molecule has 134 valence electrons. The van der Waals surface area contributed by atoms with Gasteiger partial charge in [-0.25, -0.2) is 0 Å². The summed E-state index contributed by atoms with van der Waals surface area (Å²) < 4.78 is 10.9. The van der Waals surface area contributed by atoms with Crippen LogP contribution in [0.4, 0.5) is 5.69 Å². The van der Waals surface area contributed by atoms with Gasteiger partial charge in [-0.3, -0.25) is 15.6 Å².